The number of fused-ring (bicyclic) bond motifs is 2. The van der Waals surface area contributed by atoms with E-state index in [4.69, 9.17) is 5.73 Å². The summed E-state index contributed by atoms with van der Waals surface area (Å²) in [4.78, 5) is 25.8. The van der Waals surface area contributed by atoms with Gasteiger partial charge in [0.1, 0.15) is 5.82 Å². The summed E-state index contributed by atoms with van der Waals surface area (Å²) in [5.74, 6) is 0.882. The molecule has 0 amide bonds. The molecule has 1 aliphatic heterocycles. The number of aromatic amines is 2. The molecule has 20 heavy (non-hydrogen) atoms. The summed E-state index contributed by atoms with van der Waals surface area (Å²) in [6, 6.07) is 8.06. The summed E-state index contributed by atoms with van der Waals surface area (Å²) in [5.41, 5.74) is 8.20. The molecule has 0 saturated heterocycles. The Hall–Kier alpha value is -2.83. The highest BCUT2D eigenvalue weighted by Crippen LogP contribution is 2.34. The second kappa shape index (κ2) is 3.83. The van der Waals surface area contributed by atoms with Gasteiger partial charge in [0.15, 0.2) is 11.2 Å². The minimum Gasteiger partial charge on any atom is -0.384 e. The maximum Gasteiger partial charge on any atom is 0.278 e. The van der Waals surface area contributed by atoms with E-state index in [1.807, 2.05) is 18.2 Å². The van der Waals surface area contributed by atoms with E-state index in [1.165, 1.54) is 0 Å². The van der Waals surface area contributed by atoms with Gasteiger partial charge in [-0.15, -0.1) is 0 Å². The lowest BCUT2D eigenvalue weighted by Crippen LogP contribution is -2.11. The van der Waals surface area contributed by atoms with E-state index < -0.39 is 0 Å². The van der Waals surface area contributed by atoms with Gasteiger partial charge in [-0.2, -0.15) is 4.98 Å². The molecule has 2 aromatic heterocycles. The van der Waals surface area contributed by atoms with E-state index in [9.17, 15) is 4.79 Å². The van der Waals surface area contributed by atoms with Crippen LogP contribution >= 0.6 is 0 Å². The Kier molecular flexibility index (Phi) is 2.11. The summed E-state index contributed by atoms with van der Waals surface area (Å²) >= 11 is 0. The molecule has 0 spiro atoms. The Balaban J connectivity index is 1.88. The standard InChI is InChI=1S/C13H12N6O/c14-13-18-11-9(12(20)19-13)16-10(17-11)7-5-15-8-4-2-1-3-6(7)8/h1-4,7,15H,5H2,(H4,14,16,17,18,19,20). The topological polar surface area (TPSA) is 112 Å². The smallest absolute Gasteiger partial charge is 0.278 e. The monoisotopic (exact) mass is 268 g/mol. The molecule has 0 radical (unpaired) electrons. The first-order valence-electron chi connectivity index (χ1n) is 6.30. The number of nitrogens with zero attached hydrogens (tertiary/aromatic N) is 2. The van der Waals surface area contributed by atoms with Gasteiger partial charge in [-0.1, -0.05) is 18.2 Å². The molecular formula is C13H12N6O. The summed E-state index contributed by atoms with van der Waals surface area (Å²) in [6.45, 7) is 0.743. The van der Waals surface area contributed by atoms with Crippen molar-refractivity contribution in [1.29, 1.82) is 0 Å². The van der Waals surface area contributed by atoms with Crippen LogP contribution in [0.5, 0.6) is 0 Å². The highest BCUT2D eigenvalue weighted by atomic mass is 16.1. The van der Waals surface area contributed by atoms with Crippen molar-refractivity contribution in [2.75, 3.05) is 17.6 Å². The van der Waals surface area contributed by atoms with Crippen LogP contribution in [-0.4, -0.2) is 26.5 Å². The fourth-order valence-corrected chi connectivity index (χ4v) is 2.63. The maximum atomic E-state index is 11.8. The van der Waals surface area contributed by atoms with E-state index in [1.54, 1.807) is 0 Å². The third kappa shape index (κ3) is 1.49. The Morgan fingerprint density at radius 2 is 2.05 bits per heavy atom. The van der Waals surface area contributed by atoms with Crippen molar-refractivity contribution in [1.82, 2.24) is 19.9 Å². The second-order valence-electron chi connectivity index (χ2n) is 4.79. The van der Waals surface area contributed by atoms with Crippen molar-refractivity contribution in [3.63, 3.8) is 0 Å². The van der Waals surface area contributed by atoms with Gasteiger partial charge in [-0.25, -0.2) is 4.98 Å². The average Bonchev–Trinajstić information content (AvgIpc) is 3.01. The number of benzene rings is 1. The fraction of sp³-hybridized carbons (Fsp3) is 0.154. The van der Waals surface area contributed by atoms with Crippen LogP contribution in [0.3, 0.4) is 0 Å². The second-order valence-corrected chi connectivity index (χ2v) is 4.79. The van der Waals surface area contributed by atoms with E-state index in [0.29, 0.717) is 11.2 Å². The Morgan fingerprint density at radius 1 is 1.20 bits per heavy atom. The van der Waals surface area contributed by atoms with Crippen molar-refractivity contribution >= 4 is 22.8 Å². The van der Waals surface area contributed by atoms with Crippen LogP contribution in [0.25, 0.3) is 11.2 Å². The molecule has 0 aliphatic carbocycles. The highest BCUT2D eigenvalue weighted by molar-refractivity contribution is 5.71. The molecule has 3 heterocycles. The summed E-state index contributed by atoms with van der Waals surface area (Å²) in [7, 11) is 0. The fourth-order valence-electron chi connectivity index (χ4n) is 2.63. The number of aromatic nitrogens is 4. The lowest BCUT2D eigenvalue weighted by atomic mass is 10.0. The van der Waals surface area contributed by atoms with Crippen LogP contribution < -0.4 is 16.6 Å². The van der Waals surface area contributed by atoms with E-state index in [0.717, 1.165) is 23.6 Å². The van der Waals surface area contributed by atoms with Gasteiger partial charge >= 0.3 is 0 Å². The zero-order chi connectivity index (χ0) is 13.7. The summed E-state index contributed by atoms with van der Waals surface area (Å²) in [5, 5.41) is 3.33. The van der Waals surface area contributed by atoms with Gasteiger partial charge < -0.3 is 16.0 Å². The molecule has 1 aromatic carbocycles. The molecule has 0 fully saturated rings. The highest BCUT2D eigenvalue weighted by Gasteiger charge is 2.26. The first kappa shape index (κ1) is 11.0. The van der Waals surface area contributed by atoms with E-state index >= 15 is 0 Å². The van der Waals surface area contributed by atoms with E-state index in [2.05, 4.69) is 31.3 Å². The SMILES string of the molecule is Nc1nc2nc(C3CNc4ccccc43)[nH]c2c(=O)[nH]1. The summed E-state index contributed by atoms with van der Waals surface area (Å²) < 4.78 is 0. The number of hydrogen-bond acceptors (Lipinski definition) is 5. The number of H-pyrrole nitrogens is 2. The number of hydrogen-bond donors (Lipinski definition) is 4. The van der Waals surface area contributed by atoms with Crippen molar-refractivity contribution in [2.24, 2.45) is 0 Å². The molecule has 4 rings (SSSR count). The molecule has 0 bridgehead atoms. The van der Waals surface area contributed by atoms with Gasteiger partial charge in [0, 0.05) is 12.2 Å². The van der Waals surface area contributed by atoms with Crippen molar-refractivity contribution in [3.8, 4) is 0 Å². The minimum atomic E-state index is -0.300. The maximum absolute atomic E-state index is 11.8. The number of rotatable bonds is 1. The molecule has 1 atom stereocenters. The van der Waals surface area contributed by atoms with Gasteiger partial charge in [-0.3, -0.25) is 9.78 Å². The van der Waals surface area contributed by atoms with Crippen LogP contribution in [0.2, 0.25) is 0 Å². The van der Waals surface area contributed by atoms with Crippen LogP contribution in [0, 0.1) is 0 Å². The molecule has 100 valence electrons. The van der Waals surface area contributed by atoms with Crippen LogP contribution in [0.4, 0.5) is 11.6 Å². The lowest BCUT2D eigenvalue weighted by molar-refractivity contribution is 0.835. The Morgan fingerprint density at radius 3 is 2.95 bits per heavy atom. The number of imidazole rings is 1. The molecule has 0 saturated carbocycles. The van der Waals surface area contributed by atoms with Crippen LogP contribution in [0.15, 0.2) is 29.1 Å². The zero-order valence-electron chi connectivity index (χ0n) is 10.5. The normalized spacial score (nSPS) is 17.1. The van der Waals surface area contributed by atoms with E-state index in [-0.39, 0.29) is 17.4 Å². The first-order valence-corrected chi connectivity index (χ1v) is 6.30. The quantitative estimate of drug-likeness (QED) is 0.521. The molecule has 1 unspecified atom stereocenters. The van der Waals surface area contributed by atoms with Crippen LogP contribution in [-0.2, 0) is 0 Å². The predicted octanol–water partition coefficient (Wildman–Crippen LogP) is 0.786. The lowest BCUT2D eigenvalue weighted by Gasteiger charge is -2.05. The number of nitrogens with one attached hydrogen (secondary N) is 3. The van der Waals surface area contributed by atoms with Gasteiger partial charge in [0.05, 0.1) is 5.92 Å². The molecule has 3 aromatic rings. The number of para-hydroxylation sites is 1. The van der Waals surface area contributed by atoms with Gasteiger partial charge in [0.25, 0.3) is 5.56 Å². The molecule has 7 heteroatoms. The number of nitrogen functional groups attached to an aromatic ring is 1. The minimum absolute atomic E-state index is 0.0745. The Labute approximate surface area is 113 Å². The third-order valence-electron chi connectivity index (χ3n) is 3.56. The van der Waals surface area contributed by atoms with Crippen molar-refractivity contribution in [3.05, 3.63) is 46.0 Å². The van der Waals surface area contributed by atoms with Crippen LogP contribution in [0.1, 0.15) is 17.3 Å². The Bertz CT molecular complexity index is 865. The first-order chi connectivity index (χ1) is 9.72. The van der Waals surface area contributed by atoms with Gasteiger partial charge in [0.2, 0.25) is 5.95 Å². The average molecular weight is 268 g/mol. The zero-order valence-corrected chi connectivity index (χ0v) is 10.5. The molecule has 7 nitrogen and oxygen atoms in total. The largest absolute Gasteiger partial charge is 0.384 e. The third-order valence-corrected chi connectivity index (χ3v) is 3.56. The molecule has 5 N–H and O–H groups in total. The van der Waals surface area contributed by atoms with Gasteiger partial charge in [-0.05, 0) is 11.6 Å². The summed E-state index contributed by atoms with van der Waals surface area (Å²) in [6.07, 6.45) is 0. The number of anilines is 2. The van der Waals surface area contributed by atoms with Crippen molar-refractivity contribution < 1.29 is 0 Å². The predicted molar refractivity (Wildman–Crippen MR) is 75.7 cm³/mol. The number of nitrogens with two attached hydrogens (primary N) is 1. The molecular weight excluding hydrogens is 256 g/mol. The molecule has 1 aliphatic rings. The van der Waals surface area contributed by atoms with Crippen molar-refractivity contribution in [2.45, 2.75) is 5.92 Å².